The van der Waals surface area contributed by atoms with E-state index >= 15 is 0 Å². The van der Waals surface area contributed by atoms with Gasteiger partial charge < -0.3 is 4.98 Å². The minimum absolute atomic E-state index is 0.208. The predicted octanol–water partition coefficient (Wildman–Crippen LogP) is 3.19. The zero-order chi connectivity index (χ0) is 14.7. The fourth-order valence-electron chi connectivity index (χ4n) is 2.59. The zero-order valence-corrected chi connectivity index (χ0v) is 11.5. The molecule has 1 aromatic carbocycles. The number of aromatic amines is 1. The molecule has 1 heterocycles. The highest BCUT2D eigenvalue weighted by molar-refractivity contribution is 5.81. The van der Waals surface area contributed by atoms with Gasteiger partial charge in [0.15, 0.2) is 5.82 Å². The molecule has 21 heavy (non-hydrogen) atoms. The van der Waals surface area contributed by atoms with Gasteiger partial charge in [-0.05, 0) is 37.3 Å². The molecule has 1 aromatic heterocycles. The number of rotatable bonds is 2. The summed E-state index contributed by atoms with van der Waals surface area (Å²) >= 11 is 0. The van der Waals surface area contributed by atoms with Gasteiger partial charge in [0, 0.05) is 0 Å². The third kappa shape index (κ3) is 2.77. The van der Waals surface area contributed by atoms with Crippen molar-refractivity contribution < 1.29 is 0 Å². The predicted molar refractivity (Wildman–Crippen MR) is 82.4 cm³/mol. The molecule has 1 atom stereocenters. The molecule has 3 rings (SSSR count). The maximum atomic E-state index is 12.1. The standard InChI is InChI=1S/C17H15N3O/c18-11-13(10-12-6-2-1-3-7-12)16-19-15-9-5-4-8-14(15)17(21)20-16/h1-2,4-5,8-10,12H,3,6-7H2,(H,19,20,21). The van der Waals surface area contributed by atoms with Crippen LogP contribution in [0.15, 0.2) is 47.3 Å². The molecule has 1 unspecified atom stereocenters. The van der Waals surface area contributed by atoms with Gasteiger partial charge >= 0.3 is 0 Å². The molecule has 4 nitrogen and oxygen atoms in total. The molecule has 0 saturated carbocycles. The Kier molecular flexibility index (Phi) is 3.65. The van der Waals surface area contributed by atoms with E-state index in [0.29, 0.717) is 28.2 Å². The van der Waals surface area contributed by atoms with Crippen molar-refractivity contribution in [1.29, 1.82) is 5.26 Å². The van der Waals surface area contributed by atoms with Crippen molar-refractivity contribution in [1.82, 2.24) is 9.97 Å². The largest absolute Gasteiger partial charge is 0.305 e. The van der Waals surface area contributed by atoms with E-state index in [9.17, 15) is 10.1 Å². The molecule has 0 bridgehead atoms. The van der Waals surface area contributed by atoms with E-state index in [1.54, 1.807) is 18.2 Å². The van der Waals surface area contributed by atoms with Crippen molar-refractivity contribution >= 4 is 16.5 Å². The molecular weight excluding hydrogens is 262 g/mol. The number of allylic oxidation sites excluding steroid dienone is 4. The number of nitrogens with one attached hydrogen (secondary N) is 1. The molecule has 1 aliphatic rings. The van der Waals surface area contributed by atoms with Crippen molar-refractivity contribution in [3.8, 4) is 6.07 Å². The molecule has 2 aromatic rings. The molecule has 0 aliphatic heterocycles. The Hall–Kier alpha value is -2.67. The Morgan fingerprint density at radius 3 is 3.00 bits per heavy atom. The first kappa shape index (κ1) is 13.3. The number of aromatic nitrogens is 2. The van der Waals surface area contributed by atoms with E-state index in [-0.39, 0.29) is 5.56 Å². The first-order valence-corrected chi connectivity index (χ1v) is 7.04. The second kappa shape index (κ2) is 5.76. The number of fused-ring (bicyclic) bond motifs is 1. The maximum Gasteiger partial charge on any atom is 0.259 e. The Morgan fingerprint density at radius 2 is 2.24 bits per heavy atom. The summed E-state index contributed by atoms with van der Waals surface area (Å²) in [6, 6.07) is 9.31. The van der Waals surface area contributed by atoms with Crippen LogP contribution in [0.2, 0.25) is 0 Å². The molecule has 1 aliphatic carbocycles. The Balaban J connectivity index is 2.05. The molecule has 0 fully saturated rings. The molecular formula is C17H15N3O. The van der Waals surface area contributed by atoms with Crippen molar-refractivity contribution in [3.63, 3.8) is 0 Å². The normalized spacial score (nSPS) is 18.6. The summed E-state index contributed by atoms with van der Waals surface area (Å²) in [6.45, 7) is 0. The number of H-pyrrole nitrogens is 1. The summed E-state index contributed by atoms with van der Waals surface area (Å²) in [7, 11) is 0. The van der Waals surface area contributed by atoms with Gasteiger partial charge in [0.1, 0.15) is 6.07 Å². The van der Waals surface area contributed by atoms with Crippen LogP contribution in [0.1, 0.15) is 25.1 Å². The van der Waals surface area contributed by atoms with Gasteiger partial charge in [-0.2, -0.15) is 5.26 Å². The Labute approximate surface area is 122 Å². The molecule has 1 N–H and O–H groups in total. The van der Waals surface area contributed by atoms with Crippen LogP contribution in [0.3, 0.4) is 0 Å². The zero-order valence-electron chi connectivity index (χ0n) is 11.5. The lowest BCUT2D eigenvalue weighted by atomic mass is 9.92. The quantitative estimate of drug-likeness (QED) is 0.677. The van der Waals surface area contributed by atoms with Crippen molar-refractivity contribution in [2.45, 2.75) is 19.3 Å². The Morgan fingerprint density at radius 1 is 1.38 bits per heavy atom. The summed E-state index contributed by atoms with van der Waals surface area (Å²) in [5, 5.41) is 9.92. The van der Waals surface area contributed by atoms with Gasteiger partial charge in [0.25, 0.3) is 5.56 Å². The summed E-state index contributed by atoms with van der Waals surface area (Å²) < 4.78 is 0. The smallest absolute Gasteiger partial charge is 0.259 e. The highest BCUT2D eigenvalue weighted by atomic mass is 16.1. The van der Waals surface area contributed by atoms with Crippen LogP contribution in [0.25, 0.3) is 16.5 Å². The van der Waals surface area contributed by atoms with Crippen molar-refractivity contribution in [3.05, 3.63) is 58.7 Å². The molecule has 0 amide bonds. The second-order valence-corrected chi connectivity index (χ2v) is 5.17. The van der Waals surface area contributed by atoms with Gasteiger partial charge in [0.2, 0.25) is 0 Å². The van der Waals surface area contributed by atoms with Crippen LogP contribution in [-0.4, -0.2) is 9.97 Å². The van der Waals surface area contributed by atoms with Crippen LogP contribution in [0.4, 0.5) is 0 Å². The minimum atomic E-state index is -0.208. The topological polar surface area (TPSA) is 69.5 Å². The monoisotopic (exact) mass is 277 g/mol. The van der Waals surface area contributed by atoms with E-state index in [2.05, 4.69) is 28.2 Å². The highest BCUT2D eigenvalue weighted by Gasteiger charge is 2.12. The van der Waals surface area contributed by atoms with Crippen LogP contribution in [0.5, 0.6) is 0 Å². The molecule has 104 valence electrons. The minimum Gasteiger partial charge on any atom is -0.305 e. The summed E-state index contributed by atoms with van der Waals surface area (Å²) in [5.74, 6) is 0.692. The molecule has 0 spiro atoms. The van der Waals surface area contributed by atoms with Crippen LogP contribution in [0, 0.1) is 17.2 Å². The van der Waals surface area contributed by atoms with E-state index < -0.39 is 0 Å². The maximum absolute atomic E-state index is 12.1. The lowest BCUT2D eigenvalue weighted by Gasteiger charge is -2.13. The van der Waals surface area contributed by atoms with Crippen LogP contribution >= 0.6 is 0 Å². The number of benzene rings is 1. The third-order valence-corrected chi connectivity index (χ3v) is 3.70. The second-order valence-electron chi connectivity index (χ2n) is 5.17. The van der Waals surface area contributed by atoms with E-state index in [4.69, 9.17) is 0 Å². The number of nitriles is 1. The number of para-hydroxylation sites is 1. The van der Waals surface area contributed by atoms with Gasteiger partial charge in [-0.3, -0.25) is 4.79 Å². The number of hydrogen-bond acceptors (Lipinski definition) is 3. The fraction of sp³-hybridized carbons (Fsp3) is 0.235. The van der Waals surface area contributed by atoms with Crippen molar-refractivity contribution in [2.24, 2.45) is 5.92 Å². The molecule has 0 saturated heterocycles. The van der Waals surface area contributed by atoms with E-state index in [1.165, 1.54) is 0 Å². The first-order valence-electron chi connectivity index (χ1n) is 7.04. The number of hydrogen-bond donors (Lipinski definition) is 1. The summed E-state index contributed by atoms with van der Waals surface area (Å²) in [5.41, 5.74) is 0.847. The average Bonchev–Trinajstić information content (AvgIpc) is 2.53. The summed E-state index contributed by atoms with van der Waals surface area (Å²) in [6.07, 6.45) is 9.21. The van der Waals surface area contributed by atoms with E-state index in [0.717, 1.165) is 19.3 Å². The lowest BCUT2D eigenvalue weighted by Crippen LogP contribution is -2.11. The summed E-state index contributed by atoms with van der Waals surface area (Å²) in [4.78, 5) is 19.2. The van der Waals surface area contributed by atoms with E-state index in [1.807, 2.05) is 12.1 Å². The average molecular weight is 277 g/mol. The SMILES string of the molecule is N#CC(=CC1CC=CCC1)c1nc2ccccc2c(=O)[nH]1. The fourth-order valence-corrected chi connectivity index (χ4v) is 2.59. The van der Waals surface area contributed by atoms with Gasteiger partial charge in [-0.1, -0.05) is 30.4 Å². The highest BCUT2D eigenvalue weighted by Crippen LogP contribution is 2.23. The Bertz CT molecular complexity index is 824. The number of nitrogens with zero attached hydrogens (tertiary/aromatic N) is 2. The van der Waals surface area contributed by atoms with Gasteiger partial charge in [-0.15, -0.1) is 0 Å². The first-order chi connectivity index (χ1) is 10.3. The molecule has 0 radical (unpaired) electrons. The van der Waals surface area contributed by atoms with Crippen LogP contribution < -0.4 is 5.56 Å². The molecule has 4 heteroatoms. The van der Waals surface area contributed by atoms with Crippen molar-refractivity contribution in [2.75, 3.05) is 0 Å². The lowest BCUT2D eigenvalue weighted by molar-refractivity contribution is 0.585. The third-order valence-electron chi connectivity index (χ3n) is 3.70. The van der Waals surface area contributed by atoms with Gasteiger partial charge in [0.05, 0.1) is 16.5 Å². The van der Waals surface area contributed by atoms with Gasteiger partial charge in [-0.25, -0.2) is 4.98 Å². The van der Waals surface area contributed by atoms with Crippen LogP contribution in [-0.2, 0) is 0 Å².